The number of benzene rings is 5. The highest BCUT2D eigenvalue weighted by Gasteiger charge is 2.23. The Balaban J connectivity index is 1.38. The molecule has 0 spiro atoms. The Morgan fingerprint density at radius 2 is 1.21 bits per heavy atom. The van der Waals surface area contributed by atoms with Gasteiger partial charge < -0.3 is 4.42 Å². The van der Waals surface area contributed by atoms with Crippen LogP contribution in [0.4, 0.5) is 0 Å². The highest BCUT2D eigenvalue weighted by Crippen LogP contribution is 2.43. The van der Waals surface area contributed by atoms with Crippen LogP contribution in [-0.4, -0.2) is 0 Å². The number of nitrogens with zero attached hydrogens (tertiary/aromatic N) is 2. The predicted molar refractivity (Wildman–Crippen MR) is 171 cm³/mol. The quantitative estimate of drug-likeness (QED) is 0.208. The molecule has 7 rings (SSSR count). The lowest BCUT2D eigenvalue weighted by Gasteiger charge is -2.12. The maximum atomic E-state index is 10.2. The molecule has 0 fully saturated rings. The predicted octanol–water partition coefficient (Wildman–Crippen LogP) is 9.57. The van der Waals surface area contributed by atoms with Crippen molar-refractivity contribution in [3.63, 3.8) is 0 Å². The van der Waals surface area contributed by atoms with E-state index in [1.165, 1.54) is 11.1 Å². The molecule has 0 radical (unpaired) electrons. The van der Waals surface area contributed by atoms with Gasteiger partial charge in [0.2, 0.25) is 5.69 Å². The summed E-state index contributed by atoms with van der Waals surface area (Å²) >= 11 is 0. The van der Waals surface area contributed by atoms with Crippen LogP contribution in [-0.2, 0) is 7.05 Å². The van der Waals surface area contributed by atoms with Crippen LogP contribution in [0.25, 0.3) is 66.6 Å². The molecule has 0 amide bonds. The Labute approximate surface area is 245 Å². The van der Waals surface area contributed by atoms with Crippen molar-refractivity contribution in [3.05, 3.63) is 138 Å². The summed E-state index contributed by atoms with van der Waals surface area (Å²) in [5.74, 6) is 0. The zero-order valence-electron chi connectivity index (χ0n) is 23.8. The van der Waals surface area contributed by atoms with E-state index in [1.54, 1.807) is 0 Å². The minimum absolute atomic E-state index is 0.605. The molecule has 3 nitrogen and oxygen atoms in total. The highest BCUT2D eigenvalue weighted by molar-refractivity contribution is 6.14. The summed E-state index contributed by atoms with van der Waals surface area (Å²) in [5, 5.41) is 12.2. The zero-order chi connectivity index (χ0) is 28.8. The largest absolute Gasteiger partial charge is 0.454 e. The monoisotopic (exact) mass is 541 g/mol. The summed E-state index contributed by atoms with van der Waals surface area (Å²) in [7, 11) is 2.05. The molecule has 0 N–H and O–H groups in total. The second-order valence-corrected chi connectivity index (χ2v) is 10.9. The lowest BCUT2D eigenvalue weighted by Crippen LogP contribution is -2.30. The van der Waals surface area contributed by atoms with Crippen molar-refractivity contribution in [2.24, 2.45) is 7.05 Å². The molecule has 0 aliphatic rings. The number of nitriles is 1. The fraction of sp³-hybridized carbons (Fsp3) is 0.0769. The Kier molecular flexibility index (Phi) is 6.18. The molecule has 0 unspecified atom stereocenters. The number of hydrogen-bond acceptors (Lipinski definition) is 2. The van der Waals surface area contributed by atoms with Crippen molar-refractivity contribution in [3.8, 4) is 50.7 Å². The molecule has 0 saturated carbocycles. The molecule has 0 atom stereocenters. The molecule has 0 aliphatic heterocycles. The third kappa shape index (κ3) is 4.17. The van der Waals surface area contributed by atoms with Gasteiger partial charge in [-0.1, -0.05) is 84.9 Å². The lowest BCUT2D eigenvalue weighted by atomic mass is 9.91. The fourth-order valence-electron chi connectivity index (χ4n) is 6.07. The van der Waals surface area contributed by atoms with Crippen molar-refractivity contribution >= 4 is 21.9 Å². The van der Waals surface area contributed by atoms with E-state index in [0.717, 1.165) is 66.6 Å². The zero-order valence-corrected chi connectivity index (χ0v) is 23.8. The van der Waals surface area contributed by atoms with Crippen LogP contribution in [0.15, 0.2) is 126 Å². The van der Waals surface area contributed by atoms with Crippen molar-refractivity contribution < 1.29 is 8.98 Å². The third-order valence-corrected chi connectivity index (χ3v) is 8.27. The van der Waals surface area contributed by atoms with Crippen LogP contribution in [0, 0.1) is 25.2 Å². The fourth-order valence-corrected chi connectivity index (χ4v) is 6.07. The number of aryl methyl sites for hydroxylation is 3. The van der Waals surface area contributed by atoms with Gasteiger partial charge in [-0.15, -0.1) is 0 Å². The lowest BCUT2D eigenvalue weighted by molar-refractivity contribution is -0.660. The minimum atomic E-state index is 0.605. The molecule has 0 saturated heterocycles. The van der Waals surface area contributed by atoms with E-state index in [-0.39, 0.29) is 0 Å². The maximum Gasteiger partial charge on any atom is 0.216 e. The van der Waals surface area contributed by atoms with E-state index in [1.807, 2.05) is 24.3 Å². The van der Waals surface area contributed by atoms with Crippen LogP contribution >= 0.6 is 0 Å². The minimum Gasteiger partial charge on any atom is -0.454 e. The number of aromatic nitrogens is 1. The summed E-state index contributed by atoms with van der Waals surface area (Å²) in [6, 6.07) is 42.4. The first-order valence-corrected chi connectivity index (χ1v) is 14.1. The number of furan rings is 1. The number of fused-ring (bicyclic) bond motifs is 3. The van der Waals surface area contributed by atoms with Gasteiger partial charge in [-0.2, -0.15) is 5.26 Å². The SMILES string of the molecule is Cc1cc(-c2ccc(-c3ccccc3)cc2)ccc1-c1c(C#N)ccc2c1oc1c(-c3cccc[n+]3C)c(C)ccc12. The van der Waals surface area contributed by atoms with Crippen LogP contribution in [0.2, 0.25) is 0 Å². The van der Waals surface area contributed by atoms with E-state index < -0.39 is 0 Å². The summed E-state index contributed by atoms with van der Waals surface area (Å²) in [5.41, 5.74) is 13.1. The maximum absolute atomic E-state index is 10.2. The molecule has 3 heteroatoms. The average molecular weight is 542 g/mol. The van der Waals surface area contributed by atoms with Gasteiger partial charge in [0.25, 0.3) is 0 Å². The third-order valence-electron chi connectivity index (χ3n) is 8.27. The second-order valence-electron chi connectivity index (χ2n) is 10.9. The van der Waals surface area contributed by atoms with Crippen LogP contribution in [0.3, 0.4) is 0 Å². The van der Waals surface area contributed by atoms with Crippen molar-refractivity contribution in [2.75, 3.05) is 0 Å². The average Bonchev–Trinajstić information content (AvgIpc) is 3.40. The first kappa shape index (κ1) is 25.5. The van der Waals surface area contributed by atoms with Gasteiger partial charge in [0.1, 0.15) is 18.2 Å². The van der Waals surface area contributed by atoms with E-state index in [2.05, 4.69) is 129 Å². The van der Waals surface area contributed by atoms with Crippen LogP contribution < -0.4 is 4.57 Å². The molecule has 7 aromatic rings. The van der Waals surface area contributed by atoms with E-state index >= 15 is 0 Å². The molecule has 200 valence electrons. The molecule has 0 aliphatic carbocycles. The Morgan fingerprint density at radius 1 is 0.595 bits per heavy atom. The number of pyridine rings is 1. The van der Waals surface area contributed by atoms with Gasteiger partial charge >= 0.3 is 0 Å². The van der Waals surface area contributed by atoms with Gasteiger partial charge in [0.05, 0.1) is 17.2 Å². The Morgan fingerprint density at radius 3 is 1.90 bits per heavy atom. The van der Waals surface area contributed by atoms with E-state index in [9.17, 15) is 5.26 Å². The topological polar surface area (TPSA) is 40.8 Å². The molecule has 2 aromatic heterocycles. The smallest absolute Gasteiger partial charge is 0.216 e. The second kappa shape index (κ2) is 10.2. The molecule has 0 bridgehead atoms. The highest BCUT2D eigenvalue weighted by atomic mass is 16.3. The van der Waals surface area contributed by atoms with Crippen molar-refractivity contribution in [2.45, 2.75) is 13.8 Å². The van der Waals surface area contributed by atoms with E-state index in [4.69, 9.17) is 4.42 Å². The molecular weight excluding hydrogens is 512 g/mol. The van der Waals surface area contributed by atoms with Gasteiger partial charge in [0.15, 0.2) is 6.20 Å². The molecule has 42 heavy (non-hydrogen) atoms. The van der Waals surface area contributed by atoms with Gasteiger partial charge in [-0.3, -0.25) is 0 Å². The van der Waals surface area contributed by atoms with Gasteiger partial charge in [-0.05, 0) is 71.0 Å². The molecule has 2 heterocycles. The first-order chi connectivity index (χ1) is 20.5. The van der Waals surface area contributed by atoms with Gasteiger partial charge in [-0.25, -0.2) is 4.57 Å². The summed E-state index contributed by atoms with van der Waals surface area (Å²) < 4.78 is 8.88. The van der Waals surface area contributed by atoms with E-state index in [0.29, 0.717) is 5.56 Å². The van der Waals surface area contributed by atoms with Crippen molar-refractivity contribution in [1.29, 1.82) is 5.26 Å². The van der Waals surface area contributed by atoms with Gasteiger partial charge in [0, 0.05) is 28.5 Å². The Bertz CT molecular complexity index is 2160. The summed E-state index contributed by atoms with van der Waals surface area (Å²) in [6.45, 7) is 4.23. The van der Waals surface area contributed by atoms with Crippen LogP contribution in [0.5, 0.6) is 0 Å². The Hall–Kier alpha value is -5.46. The number of rotatable bonds is 4. The summed E-state index contributed by atoms with van der Waals surface area (Å²) in [4.78, 5) is 0. The standard InChI is InChI=1S/C39H29N2O/c1-25-12-19-33-34-21-18-31(24-40)37(39(34)42-38(33)36(25)35-11-7-8-22-41(35)3)32-20-17-30(23-26(32)2)29-15-13-28(14-16-29)27-9-5-4-6-10-27/h4-23H,1-3H3/q+1. The summed E-state index contributed by atoms with van der Waals surface area (Å²) in [6.07, 6.45) is 2.05. The first-order valence-electron chi connectivity index (χ1n) is 14.1. The van der Waals surface area contributed by atoms with Crippen LogP contribution in [0.1, 0.15) is 16.7 Å². The normalized spacial score (nSPS) is 11.2. The van der Waals surface area contributed by atoms with Crippen molar-refractivity contribution in [1.82, 2.24) is 0 Å². The molecular formula is C39H29N2O+. The molecule has 5 aromatic carbocycles. The number of hydrogen-bond donors (Lipinski definition) is 0.